The number of rotatable bonds is 12. The summed E-state index contributed by atoms with van der Waals surface area (Å²) in [6.07, 6.45) is 2.21. The number of carbonyl (C=O) groups excluding carboxylic acids is 3. The predicted molar refractivity (Wildman–Crippen MR) is 152 cm³/mol. The summed E-state index contributed by atoms with van der Waals surface area (Å²) < 4.78 is 5.42. The first-order chi connectivity index (χ1) is 18.0. The fourth-order valence-corrected chi connectivity index (χ4v) is 4.37. The molecule has 208 valence electrons. The zero-order valence-electron chi connectivity index (χ0n) is 23.2. The molecule has 0 bridgehead atoms. The Morgan fingerprint density at radius 3 is 2.24 bits per heavy atom. The van der Waals surface area contributed by atoms with Gasteiger partial charge in [0.15, 0.2) is 0 Å². The van der Waals surface area contributed by atoms with Gasteiger partial charge >= 0.3 is 6.09 Å². The molecule has 9 heteroatoms. The van der Waals surface area contributed by atoms with Crippen LogP contribution in [0.5, 0.6) is 5.75 Å². The van der Waals surface area contributed by atoms with Crippen LogP contribution < -0.4 is 10.6 Å². The standard InChI is InChI=1S/C29H41N3O5S/c1-7-20(2)32(27(35)24(17-18-38-6)31-28(36)37-29(3,4)5)25(22-13-15-23(33)16-14-22)26(34)30-19-21-11-9-8-10-12-21/h8-16,20,24-25,33H,7,17-19H2,1-6H3,(H,30,34)(H,31,36). The number of hydrogen-bond acceptors (Lipinski definition) is 6. The molecule has 0 aliphatic heterocycles. The molecule has 38 heavy (non-hydrogen) atoms. The van der Waals surface area contributed by atoms with Gasteiger partial charge in [0.05, 0.1) is 0 Å². The molecule has 0 saturated carbocycles. The van der Waals surface area contributed by atoms with Crippen LogP contribution in [0.3, 0.4) is 0 Å². The fraction of sp³-hybridized carbons (Fsp3) is 0.483. The van der Waals surface area contributed by atoms with Crippen LogP contribution in [-0.4, -0.2) is 57.6 Å². The summed E-state index contributed by atoms with van der Waals surface area (Å²) in [7, 11) is 0. The molecule has 2 aromatic carbocycles. The smallest absolute Gasteiger partial charge is 0.408 e. The summed E-state index contributed by atoms with van der Waals surface area (Å²) in [5.41, 5.74) is 0.763. The zero-order valence-corrected chi connectivity index (χ0v) is 24.0. The second-order valence-electron chi connectivity index (χ2n) is 10.2. The van der Waals surface area contributed by atoms with Crippen LogP contribution in [-0.2, 0) is 20.9 Å². The van der Waals surface area contributed by atoms with E-state index in [1.165, 1.54) is 12.1 Å². The number of alkyl carbamates (subject to hydrolysis) is 1. The molecule has 3 atom stereocenters. The van der Waals surface area contributed by atoms with Crippen molar-refractivity contribution < 1.29 is 24.2 Å². The minimum Gasteiger partial charge on any atom is -0.508 e. The Hall–Kier alpha value is -3.20. The molecule has 3 unspecified atom stereocenters. The maximum Gasteiger partial charge on any atom is 0.408 e. The number of phenolic OH excluding ortho intramolecular Hbond substituents is 1. The van der Waals surface area contributed by atoms with Gasteiger partial charge in [-0.2, -0.15) is 11.8 Å². The maximum absolute atomic E-state index is 14.1. The van der Waals surface area contributed by atoms with Gasteiger partial charge in [-0.15, -0.1) is 0 Å². The van der Waals surface area contributed by atoms with Gasteiger partial charge in [-0.05, 0) is 75.8 Å². The number of amides is 3. The van der Waals surface area contributed by atoms with Gasteiger partial charge in [-0.3, -0.25) is 9.59 Å². The van der Waals surface area contributed by atoms with E-state index in [1.807, 2.05) is 50.4 Å². The lowest BCUT2D eigenvalue weighted by molar-refractivity contribution is -0.145. The highest BCUT2D eigenvalue weighted by Gasteiger charge is 2.38. The topological polar surface area (TPSA) is 108 Å². The van der Waals surface area contributed by atoms with Crippen LogP contribution in [0, 0.1) is 0 Å². The highest BCUT2D eigenvalue weighted by atomic mass is 32.2. The molecule has 3 amide bonds. The van der Waals surface area contributed by atoms with Crippen molar-refractivity contribution in [3.63, 3.8) is 0 Å². The first-order valence-electron chi connectivity index (χ1n) is 12.9. The van der Waals surface area contributed by atoms with Crippen molar-refractivity contribution in [2.45, 2.75) is 77.7 Å². The highest BCUT2D eigenvalue weighted by Crippen LogP contribution is 2.28. The van der Waals surface area contributed by atoms with Crippen molar-refractivity contribution in [2.75, 3.05) is 12.0 Å². The van der Waals surface area contributed by atoms with Crippen molar-refractivity contribution in [1.82, 2.24) is 15.5 Å². The molecule has 0 saturated heterocycles. The number of ether oxygens (including phenoxy) is 1. The summed E-state index contributed by atoms with van der Waals surface area (Å²) in [6.45, 7) is 9.40. The number of benzene rings is 2. The fourth-order valence-electron chi connectivity index (χ4n) is 3.90. The summed E-state index contributed by atoms with van der Waals surface area (Å²) >= 11 is 1.56. The molecule has 2 aromatic rings. The molecule has 0 aromatic heterocycles. The number of phenols is 1. The molecule has 0 heterocycles. The number of thioether (sulfide) groups is 1. The molecule has 8 nitrogen and oxygen atoms in total. The quantitative estimate of drug-likeness (QED) is 0.347. The Morgan fingerprint density at radius 1 is 1.05 bits per heavy atom. The minimum absolute atomic E-state index is 0.0584. The highest BCUT2D eigenvalue weighted by molar-refractivity contribution is 7.98. The second-order valence-corrected chi connectivity index (χ2v) is 11.2. The normalized spacial score (nSPS) is 13.6. The summed E-state index contributed by atoms with van der Waals surface area (Å²) in [5, 5.41) is 15.6. The van der Waals surface area contributed by atoms with E-state index in [2.05, 4.69) is 10.6 Å². The molecule has 0 spiro atoms. The molecular formula is C29H41N3O5S. The average Bonchev–Trinajstić information content (AvgIpc) is 2.87. The molecule has 0 fully saturated rings. The van der Waals surface area contributed by atoms with Crippen molar-refractivity contribution in [3.05, 3.63) is 65.7 Å². The van der Waals surface area contributed by atoms with E-state index >= 15 is 0 Å². The first kappa shape index (κ1) is 31.0. The molecule has 0 aliphatic rings. The van der Waals surface area contributed by atoms with Gasteiger partial charge in [-0.1, -0.05) is 49.4 Å². The Bertz CT molecular complexity index is 1040. The van der Waals surface area contributed by atoms with Gasteiger partial charge < -0.3 is 25.4 Å². The Morgan fingerprint density at radius 2 is 1.68 bits per heavy atom. The van der Waals surface area contributed by atoms with E-state index in [-0.39, 0.29) is 23.6 Å². The van der Waals surface area contributed by atoms with E-state index < -0.39 is 23.8 Å². The van der Waals surface area contributed by atoms with E-state index in [4.69, 9.17) is 4.74 Å². The monoisotopic (exact) mass is 543 g/mol. The number of nitrogens with one attached hydrogen (secondary N) is 2. The lowest BCUT2D eigenvalue weighted by Crippen LogP contribution is -2.55. The Labute approximate surface area is 230 Å². The first-order valence-corrected chi connectivity index (χ1v) is 14.3. The van der Waals surface area contributed by atoms with Crippen LogP contribution in [0.4, 0.5) is 4.79 Å². The van der Waals surface area contributed by atoms with Crippen LogP contribution in [0.2, 0.25) is 0 Å². The summed E-state index contributed by atoms with van der Waals surface area (Å²) in [4.78, 5) is 42.1. The molecule has 2 rings (SSSR count). The van der Waals surface area contributed by atoms with Crippen LogP contribution in [0.25, 0.3) is 0 Å². The van der Waals surface area contributed by atoms with Crippen molar-refractivity contribution in [2.24, 2.45) is 0 Å². The van der Waals surface area contributed by atoms with Gasteiger partial charge in [0, 0.05) is 12.6 Å². The SMILES string of the molecule is CCC(C)N(C(=O)C(CCSC)NC(=O)OC(C)(C)C)C(C(=O)NCc1ccccc1)c1ccc(O)cc1. The lowest BCUT2D eigenvalue weighted by Gasteiger charge is -2.38. The third-order valence-electron chi connectivity index (χ3n) is 5.96. The van der Waals surface area contributed by atoms with E-state index in [1.54, 1.807) is 49.6 Å². The molecular weight excluding hydrogens is 502 g/mol. The number of nitrogens with zero attached hydrogens (tertiary/aromatic N) is 1. The van der Waals surface area contributed by atoms with Gasteiger partial charge in [0.1, 0.15) is 23.4 Å². The van der Waals surface area contributed by atoms with Crippen LogP contribution in [0.1, 0.15) is 64.6 Å². The van der Waals surface area contributed by atoms with Gasteiger partial charge in [0.2, 0.25) is 11.8 Å². The van der Waals surface area contributed by atoms with Crippen LogP contribution in [0.15, 0.2) is 54.6 Å². The van der Waals surface area contributed by atoms with Gasteiger partial charge in [0.25, 0.3) is 0 Å². The number of hydrogen-bond donors (Lipinski definition) is 3. The van der Waals surface area contributed by atoms with Crippen molar-refractivity contribution >= 4 is 29.7 Å². The number of carbonyl (C=O) groups is 3. The Kier molecular flexibility index (Phi) is 12.0. The van der Waals surface area contributed by atoms with Gasteiger partial charge in [-0.25, -0.2) is 4.79 Å². The lowest BCUT2D eigenvalue weighted by atomic mass is 9.99. The maximum atomic E-state index is 14.1. The van der Waals surface area contributed by atoms with Crippen molar-refractivity contribution in [1.29, 1.82) is 0 Å². The molecule has 0 aliphatic carbocycles. The predicted octanol–water partition coefficient (Wildman–Crippen LogP) is 5.02. The summed E-state index contributed by atoms with van der Waals surface area (Å²) in [6, 6.07) is 13.6. The van der Waals surface area contributed by atoms with E-state index in [9.17, 15) is 19.5 Å². The van der Waals surface area contributed by atoms with Crippen molar-refractivity contribution in [3.8, 4) is 5.75 Å². The molecule has 0 radical (unpaired) electrons. The average molecular weight is 544 g/mol. The van der Waals surface area contributed by atoms with E-state index in [0.717, 1.165) is 5.56 Å². The Balaban J connectivity index is 2.46. The van der Waals surface area contributed by atoms with Crippen LogP contribution >= 0.6 is 11.8 Å². The third-order valence-corrected chi connectivity index (χ3v) is 6.61. The number of aromatic hydroxyl groups is 1. The summed E-state index contributed by atoms with van der Waals surface area (Å²) in [5.74, 6) is -0.0331. The minimum atomic E-state index is -0.973. The van der Waals surface area contributed by atoms with E-state index in [0.29, 0.717) is 30.7 Å². The molecule has 3 N–H and O–H groups in total. The third kappa shape index (κ3) is 9.59. The second kappa shape index (κ2) is 14.7. The zero-order chi connectivity index (χ0) is 28.3. The largest absolute Gasteiger partial charge is 0.508 e.